The van der Waals surface area contributed by atoms with Crippen LogP contribution in [0.1, 0.15) is 27.2 Å². The van der Waals surface area contributed by atoms with Gasteiger partial charge in [0.15, 0.2) is 0 Å². The molecule has 4 unspecified atom stereocenters. The van der Waals surface area contributed by atoms with Gasteiger partial charge >= 0.3 is 0 Å². The summed E-state index contributed by atoms with van der Waals surface area (Å²) in [5, 5.41) is 0. The van der Waals surface area contributed by atoms with Crippen LogP contribution in [0.4, 0.5) is 0 Å². The van der Waals surface area contributed by atoms with E-state index >= 15 is 0 Å². The molecule has 0 radical (unpaired) electrons. The Morgan fingerprint density at radius 2 is 1.44 bits per heavy atom. The van der Waals surface area contributed by atoms with Crippen LogP contribution in [0.15, 0.2) is 0 Å². The number of nitrogens with zero attached hydrogens (tertiary/aromatic N) is 2. The topological polar surface area (TPSA) is 66.6 Å². The van der Waals surface area contributed by atoms with Crippen molar-refractivity contribution in [1.29, 1.82) is 0 Å². The maximum atomic E-state index is 12.6. The van der Waals surface area contributed by atoms with Crippen LogP contribution in [0.3, 0.4) is 0 Å². The van der Waals surface area contributed by atoms with Gasteiger partial charge in [0.2, 0.25) is 0 Å². The molecule has 106 valence electrons. The van der Waals surface area contributed by atoms with E-state index in [1.807, 2.05) is 6.92 Å². The van der Waals surface area contributed by atoms with E-state index in [-0.39, 0.29) is 12.0 Å². The summed E-state index contributed by atoms with van der Waals surface area (Å²) in [4.78, 5) is 0. The molecule has 2 rings (SSSR count). The second-order valence-corrected chi connectivity index (χ2v) is 8.16. The fraction of sp³-hybridized carbons (Fsp3) is 1.00. The van der Waals surface area contributed by atoms with E-state index in [2.05, 4.69) is 13.8 Å². The van der Waals surface area contributed by atoms with Crippen LogP contribution >= 0.6 is 0 Å². The first-order valence-electron chi connectivity index (χ1n) is 6.81. The molecule has 0 aromatic heterocycles. The summed E-state index contributed by atoms with van der Waals surface area (Å²) in [6.07, 6.45) is 1.11. The van der Waals surface area contributed by atoms with Crippen molar-refractivity contribution in [3.63, 3.8) is 0 Å². The predicted molar refractivity (Wildman–Crippen MR) is 72.2 cm³/mol. The zero-order valence-corrected chi connectivity index (χ0v) is 12.4. The Morgan fingerprint density at radius 1 is 0.944 bits per heavy atom. The van der Waals surface area contributed by atoms with Gasteiger partial charge in [0.25, 0.3) is 10.2 Å². The fourth-order valence-electron chi connectivity index (χ4n) is 3.09. The van der Waals surface area contributed by atoms with E-state index in [0.717, 1.165) is 6.42 Å². The van der Waals surface area contributed by atoms with Crippen LogP contribution in [-0.2, 0) is 10.2 Å². The molecule has 2 saturated heterocycles. The summed E-state index contributed by atoms with van der Waals surface area (Å²) in [5.41, 5.74) is 5.92. The van der Waals surface area contributed by atoms with Crippen molar-refractivity contribution in [1.82, 2.24) is 8.61 Å². The summed E-state index contributed by atoms with van der Waals surface area (Å²) in [6, 6.07) is -0.0283. The number of piperidine rings is 1. The molecule has 2 heterocycles. The number of hydrogen-bond acceptors (Lipinski definition) is 3. The van der Waals surface area contributed by atoms with E-state index in [1.165, 1.54) is 0 Å². The highest BCUT2D eigenvalue weighted by Crippen LogP contribution is 2.27. The van der Waals surface area contributed by atoms with Crippen molar-refractivity contribution in [2.45, 2.75) is 33.2 Å². The van der Waals surface area contributed by atoms with Gasteiger partial charge in [0.05, 0.1) is 0 Å². The van der Waals surface area contributed by atoms with Crippen LogP contribution in [0.25, 0.3) is 0 Å². The standard InChI is InChI=1S/C12H25N3O2S/c1-9-4-10(2)6-14(5-9)18(16,17)15-7-11(3)12(13)8-15/h9-12H,4-8,13H2,1-3H3. The Morgan fingerprint density at radius 3 is 1.89 bits per heavy atom. The first-order chi connectivity index (χ1) is 8.30. The number of hydrogen-bond donors (Lipinski definition) is 1. The van der Waals surface area contributed by atoms with Gasteiger partial charge in [-0.25, -0.2) is 0 Å². The van der Waals surface area contributed by atoms with Gasteiger partial charge < -0.3 is 5.73 Å². The smallest absolute Gasteiger partial charge is 0.282 e. The molecule has 0 aromatic rings. The third-order valence-corrected chi connectivity index (χ3v) is 6.03. The summed E-state index contributed by atoms with van der Waals surface area (Å²) >= 11 is 0. The van der Waals surface area contributed by atoms with Crippen molar-refractivity contribution in [3.8, 4) is 0 Å². The van der Waals surface area contributed by atoms with E-state index in [1.54, 1.807) is 8.61 Å². The summed E-state index contributed by atoms with van der Waals surface area (Å²) < 4.78 is 28.3. The van der Waals surface area contributed by atoms with Gasteiger partial charge in [-0.15, -0.1) is 0 Å². The average Bonchev–Trinajstić information content (AvgIpc) is 2.58. The largest absolute Gasteiger partial charge is 0.326 e. The lowest BCUT2D eigenvalue weighted by Crippen LogP contribution is -2.49. The van der Waals surface area contributed by atoms with Crippen LogP contribution < -0.4 is 5.73 Å². The Balaban J connectivity index is 2.11. The molecule has 4 atom stereocenters. The number of nitrogens with two attached hydrogens (primary N) is 1. The lowest BCUT2D eigenvalue weighted by molar-refractivity contribution is 0.211. The van der Waals surface area contributed by atoms with Crippen LogP contribution in [0.2, 0.25) is 0 Å². The molecule has 2 fully saturated rings. The highest BCUT2D eigenvalue weighted by Gasteiger charge is 2.39. The molecule has 2 aliphatic heterocycles. The quantitative estimate of drug-likeness (QED) is 0.797. The molecule has 2 aliphatic rings. The first kappa shape index (κ1) is 14.2. The Hall–Kier alpha value is -0.170. The summed E-state index contributed by atoms with van der Waals surface area (Å²) in [6.45, 7) is 8.57. The molecule has 0 spiro atoms. The molecule has 2 N–H and O–H groups in total. The average molecular weight is 275 g/mol. The fourth-order valence-corrected chi connectivity index (χ4v) is 5.09. The Kier molecular flexibility index (Phi) is 4.02. The molecule has 5 nitrogen and oxygen atoms in total. The molecule has 18 heavy (non-hydrogen) atoms. The van der Waals surface area contributed by atoms with Gasteiger partial charge in [-0.05, 0) is 24.2 Å². The van der Waals surface area contributed by atoms with Crippen molar-refractivity contribution in [2.24, 2.45) is 23.5 Å². The monoisotopic (exact) mass is 275 g/mol. The van der Waals surface area contributed by atoms with E-state index in [9.17, 15) is 8.42 Å². The highest BCUT2D eigenvalue weighted by molar-refractivity contribution is 7.86. The molecule has 6 heteroatoms. The van der Waals surface area contributed by atoms with Gasteiger partial charge in [-0.2, -0.15) is 17.0 Å². The Bertz CT molecular complexity index is 378. The molecule has 0 bridgehead atoms. The van der Waals surface area contributed by atoms with E-state index < -0.39 is 10.2 Å². The lowest BCUT2D eigenvalue weighted by Gasteiger charge is -2.36. The minimum atomic E-state index is -3.31. The molecule has 0 saturated carbocycles. The van der Waals surface area contributed by atoms with Crippen LogP contribution in [0, 0.1) is 17.8 Å². The third kappa shape index (κ3) is 2.71. The maximum Gasteiger partial charge on any atom is 0.282 e. The maximum absolute atomic E-state index is 12.6. The van der Waals surface area contributed by atoms with E-state index in [0.29, 0.717) is 38.0 Å². The van der Waals surface area contributed by atoms with Crippen molar-refractivity contribution in [2.75, 3.05) is 26.2 Å². The lowest BCUT2D eigenvalue weighted by atomic mass is 9.94. The Labute approximate surface area is 110 Å². The predicted octanol–water partition coefficient (Wildman–Crippen LogP) is 0.488. The van der Waals surface area contributed by atoms with Crippen molar-refractivity contribution < 1.29 is 8.42 Å². The minimum Gasteiger partial charge on any atom is -0.326 e. The van der Waals surface area contributed by atoms with Crippen LogP contribution in [-0.4, -0.2) is 49.2 Å². The molecule has 0 aromatic carbocycles. The molecule has 0 amide bonds. The van der Waals surface area contributed by atoms with Gasteiger partial charge in [-0.3, -0.25) is 0 Å². The molecular weight excluding hydrogens is 250 g/mol. The van der Waals surface area contributed by atoms with Gasteiger partial charge in [-0.1, -0.05) is 20.8 Å². The second-order valence-electron chi connectivity index (χ2n) is 6.23. The first-order valence-corrected chi connectivity index (χ1v) is 8.21. The van der Waals surface area contributed by atoms with Crippen molar-refractivity contribution >= 4 is 10.2 Å². The zero-order chi connectivity index (χ0) is 13.5. The van der Waals surface area contributed by atoms with Crippen LogP contribution in [0.5, 0.6) is 0 Å². The minimum absolute atomic E-state index is 0.0283. The highest BCUT2D eigenvalue weighted by atomic mass is 32.2. The van der Waals surface area contributed by atoms with Gasteiger partial charge in [0, 0.05) is 32.2 Å². The molecular formula is C12H25N3O2S. The number of rotatable bonds is 2. The van der Waals surface area contributed by atoms with E-state index in [4.69, 9.17) is 5.73 Å². The summed E-state index contributed by atoms with van der Waals surface area (Å²) in [7, 11) is -3.31. The zero-order valence-electron chi connectivity index (χ0n) is 11.5. The normalized spacial score (nSPS) is 40.2. The third-order valence-electron chi connectivity index (χ3n) is 4.12. The molecule has 0 aliphatic carbocycles. The second kappa shape index (κ2) is 5.07. The summed E-state index contributed by atoms with van der Waals surface area (Å²) in [5.74, 6) is 1.13. The SMILES string of the molecule is CC1CC(C)CN(S(=O)(=O)N2CC(C)C(N)C2)C1. The van der Waals surface area contributed by atoms with Gasteiger partial charge in [0.1, 0.15) is 0 Å². The van der Waals surface area contributed by atoms with Crippen molar-refractivity contribution in [3.05, 3.63) is 0 Å².